The maximum Gasteiger partial charge on any atom is 0.240 e. The number of hydrogen-bond donors (Lipinski definition) is 2. The SMILES string of the molecule is CCCC(CCO)CNS(=O)(=O)c1ccc(OCC)cc1. The first-order valence-corrected chi connectivity index (χ1v) is 8.85. The van der Waals surface area contributed by atoms with Crippen LogP contribution in [0.15, 0.2) is 29.2 Å². The number of aliphatic hydroxyl groups excluding tert-OH is 1. The van der Waals surface area contributed by atoms with Gasteiger partial charge >= 0.3 is 0 Å². The van der Waals surface area contributed by atoms with E-state index < -0.39 is 10.0 Å². The fourth-order valence-electron chi connectivity index (χ4n) is 2.13. The summed E-state index contributed by atoms with van der Waals surface area (Å²) < 4.78 is 32.3. The standard InChI is InChI=1S/C15H25NO4S/c1-3-5-13(10-11-17)12-16-21(18,19)15-8-6-14(7-9-15)20-4-2/h6-9,13,16-17H,3-5,10-12H2,1-2H3. The third-order valence-electron chi connectivity index (χ3n) is 3.24. The molecule has 1 aromatic carbocycles. The topological polar surface area (TPSA) is 75.6 Å². The molecule has 6 heteroatoms. The van der Waals surface area contributed by atoms with Crippen molar-refractivity contribution in [2.75, 3.05) is 19.8 Å². The third-order valence-corrected chi connectivity index (χ3v) is 4.68. The minimum atomic E-state index is -3.51. The van der Waals surface area contributed by atoms with E-state index in [-0.39, 0.29) is 17.4 Å². The highest BCUT2D eigenvalue weighted by Crippen LogP contribution is 2.17. The molecule has 1 aromatic rings. The van der Waals surface area contributed by atoms with Crippen molar-refractivity contribution in [1.82, 2.24) is 4.72 Å². The third kappa shape index (κ3) is 6.03. The molecule has 0 spiro atoms. The maximum atomic E-state index is 12.2. The van der Waals surface area contributed by atoms with E-state index in [4.69, 9.17) is 9.84 Å². The van der Waals surface area contributed by atoms with E-state index in [9.17, 15) is 8.42 Å². The molecule has 21 heavy (non-hydrogen) atoms. The van der Waals surface area contributed by atoms with E-state index in [1.165, 1.54) is 12.1 Å². The molecule has 0 amide bonds. The van der Waals surface area contributed by atoms with Crippen molar-refractivity contribution in [3.63, 3.8) is 0 Å². The maximum absolute atomic E-state index is 12.2. The Bertz CT molecular complexity index is 493. The first-order valence-electron chi connectivity index (χ1n) is 7.36. The van der Waals surface area contributed by atoms with Gasteiger partial charge in [0.25, 0.3) is 0 Å². The highest BCUT2D eigenvalue weighted by Gasteiger charge is 2.16. The molecule has 0 saturated carbocycles. The Morgan fingerprint density at radius 1 is 1.19 bits per heavy atom. The van der Waals surface area contributed by atoms with Crippen LogP contribution < -0.4 is 9.46 Å². The second-order valence-electron chi connectivity index (χ2n) is 4.92. The Labute approximate surface area is 127 Å². The van der Waals surface area contributed by atoms with Crippen LogP contribution in [0, 0.1) is 5.92 Å². The van der Waals surface area contributed by atoms with Crippen molar-refractivity contribution >= 4 is 10.0 Å². The molecule has 0 bridgehead atoms. The van der Waals surface area contributed by atoms with E-state index >= 15 is 0 Å². The number of sulfonamides is 1. The molecule has 120 valence electrons. The summed E-state index contributed by atoms with van der Waals surface area (Å²) in [5, 5.41) is 9.00. The Kier molecular flexibility index (Phi) is 7.71. The minimum absolute atomic E-state index is 0.0788. The van der Waals surface area contributed by atoms with Crippen molar-refractivity contribution in [3.8, 4) is 5.75 Å². The molecule has 1 atom stereocenters. The summed E-state index contributed by atoms with van der Waals surface area (Å²) in [6.07, 6.45) is 2.47. The van der Waals surface area contributed by atoms with E-state index in [2.05, 4.69) is 4.72 Å². The van der Waals surface area contributed by atoms with Crippen LogP contribution in [0.2, 0.25) is 0 Å². The first-order chi connectivity index (χ1) is 10.0. The summed E-state index contributed by atoms with van der Waals surface area (Å²) in [6, 6.07) is 6.37. The van der Waals surface area contributed by atoms with Crippen LogP contribution in [-0.2, 0) is 10.0 Å². The van der Waals surface area contributed by atoms with Crippen LogP contribution in [0.25, 0.3) is 0 Å². The Hall–Kier alpha value is -1.11. The van der Waals surface area contributed by atoms with Crippen LogP contribution in [0.3, 0.4) is 0 Å². The number of hydrogen-bond acceptors (Lipinski definition) is 4. The van der Waals surface area contributed by atoms with Crippen molar-refractivity contribution in [2.24, 2.45) is 5.92 Å². The van der Waals surface area contributed by atoms with Gasteiger partial charge in [0.05, 0.1) is 11.5 Å². The van der Waals surface area contributed by atoms with Gasteiger partial charge in [-0.2, -0.15) is 0 Å². The predicted molar refractivity (Wildman–Crippen MR) is 82.9 cm³/mol. The van der Waals surface area contributed by atoms with Crippen LogP contribution in [0.5, 0.6) is 5.75 Å². The van der Waals surface area contributed by atoms with Crippen LogP contribution >= 0.6 is 0 Å². The van der Waals surface area contributed by atoms with E-state index in [0.717, 1.165) is 12.8 Å². The second-order valence-corrected chi connectivity index (χ2v) is 6.69. The molecular weight excluding hydrogens is 290 g/mol. The minimum Gasteiger partial charge on any atom is -0.494 e. The van der Waals surface area contributed by atoms with Crippen LogP contribution in [0.1, 0.15) is 33.1 Å². The molecule has 0 aliphatic rings. The lowest BCUT2D eigenvalue weighted by Gasteiger charge is -2.16. The second kappa shape index (κ2) is 9.02. The molecule has 0 heterocycles. The summed E-state index contributed by atoms with van der Waals surface area (Å²) in [5.74, 6) is 0.818. The van der Waals surface area contributed by atoms with Gasteiger partial charge in [0.15, 0.2) is 0 Å². The number of nitrogens with one attached hydrogen (secondary N) is 1. The Balaban J connectivity index is 2.67. The predicted octanol–water partition coefficient (Wildman–Crippen LogP) is 2.16. The zero-order valence-corrected chi connectivity index (χ0v) is 13.5. The van der Waals surface area contributed by atoms with Gasteiger partial charge in [-0.1, -0.05) is 13.3 Å². The molecule has 0 aliphatic heterocycles. The average Bonchev–Trinajstić information content (AvgIpc) is 2.46. The van der Waals surface area contributed by atoms with Gasteiger partial charge in [-0.05, 0) is 49.9 Å². The molecule has 1 unspecified atom stereocenters. The Morgan fingerprint density at radius 2 is 1.86 bits per heavy atom. The average molecular weight is 315 g/mol. The Morgan fingerprint density at radius 3 is 2.38 bits per heavy atom. The van der Waals surface area contributed by atoms with E-state index in [0.29, 0.717) is 25.3 Å². The van der Waals surface area contributed by atoms with E-state index in [1.807, 2.05) is 13.8 Å². The fraction of sp³-hybridized carbons (Fsp3) is 0.600. The molecule has 0 fully saturated rings. The van der Waals surface area contributed by atoms with Crippen molar-refractivity contribution < 1.29 is 18.3 Å². The van der Waals surface area contributed by atoms with Crippen LogP contribution in [0.4, 0.5) is 0 Å². The first kappa shape index (κ1) is 17.9. The number of rotatable bonds is 10. The highest BCUT2D eigenvalue weighted by atomic mass is 32.2. The molecule has 0 radical (unpaired) electrons. The van der Waals surface area contributed by atoms with Gasteiger partial charge in [0.1, 0.15) is 5.75 Å². The molecule has 2 N–H and O–H groups in total. The van der Waals surface area contributed by atoms with Crippen molar-refractivity contribution in [2.45, 2.75) is 38.0 Å². The monoisotopic (exact) mass is 315 g/mol. The van der Waals surface area contributed by atoms with Crippen molar-refractivity contribution in [1.29, 1.82) is 0 Å². The fourth-order valence-corrected chi connectivity index (χ4v) is 3.25. The normalized spacial score (nSPS) is 13.1. The molecule has 0 aromatic heterocycles. The van der Waals surface area contributed by atoms with Crippen molar-refractivity contribution in [3.05, 3.63) is 24.3 Å². The molecule has 1 rings (SSSR count). The lowest BCUT2D eigenvalue weighted by atomic mass is 10.0. The lowest BCUT2D eigenvalue weighted by Crippen LogP contribution is -2.29. The number of aliphatic hydroxyl groups is 1. The van der Waals surface area contributed by atoms with Crippen LogP contribution in [-0.4, -0.2) is 33.3 Å². The lowest BCUT2D eigenvalue weighted by molar-refractivity contribution is 0.251. The summed E-state index contributed by atoms with van der Waals surface area (Å²) in [5.41, 5.74) is 0. The van der Waals surface area contributed by atoms with Gasteiger partial charge in [0, 0.05) is 13.2 Å². The number of benzene rings is 1. The summed E-state index contributed by atoms with van der Waals surface area (Å²) in [7, 11) is -3.51. The summed E-state index contributed by atoms with van der Waals surface area (Å²) >= 11 is 0. The smallest absolute Gasteiger partial charge is 0.240 e. The molecule has 5 nitrogen and oxygen atoms in total. The molecular formula is C15H25NO4S. The zero-order chi connectivity index (χ0) is 15.7. The zero-order valence-electron chi connectivity index (χ0n) is 12.7. The van der Waals surface area contributed by atoms with Gasteiger partial charge in [-0.3, -0.25) is 0 Å². The molecule has 0 aliphatic carbocycles. The summed E-state index contributed by atoms with van der Waals surface area (Å²) in [4.78, 5) is 0.227. The largest absolute Gasteiger partial charge is 0.494 e. The number of ether oxygens (including phenoxy) is 1. The quantitative estimate of drug-likeness (QED) is 0.694. The van der Waals surface area contributed by atoms with E-state index in [1.54, 1.807) is 12.1 Å². The van der Waals surface area contributed by atoms with Gasteiger partial charge in [0.2, 0.25) is 10.0 Å². The van der Waals surface area contributed by atoms with Gasteiger partial charge < -0.3 is 9.84 Å². The highest BCUT2D eigenvalue weighted by molar-refractivity contribution is 7.89. The molecule has 0 saturated heterocycles. The van der Waals surface area contributed by atoms with Gasteiger partial charge in [-0.25, -0.2) is 13.1 Å². The summed E-state index contributed by atoms with van der Waals surface area (Å²) in [6.45, 7) is 4.90. The van der Waals surface area contributed by atoms with Gasteiger partial charge in [-0.15, -0.1) is 0 Å².